The molecule has 0 spiro atoms. The second-order valence-electron chi connectivity index (χ2n) is 7.35. The van der Waals surface area contributed by atoms with E-state index in [1.54, 1.807) is 4.68 Å². The molecule has 13 heteroatoms. The summed E-state index contributed by atoms with van der Waals surface area (Å²) >= 11 is 0. The zero-order valence-corrected chi connectivity index (χ0v) is 18.0. The first-order valence-electron chi connectivity index (χ1n) is 10.1. The number of anilines is 1. The summed E-state index contributed by atoms with van der Waals surface area (Å²) in [5, 5.41) is 19.3. The van der Waals surface area contributed by atoms with Gasteiger partial charge in [0.25, 0.3) is 5.69 Å². The molecule has 1 saturated heterocycles. The summed E-state index contributed by atoms with van der Waals surface area (Å²) in [4.78, 5) is 21.0. The molecule has 3 heterocycles. The molecular formula is C20H18N8O4S. The highest BCUT2D eigenvalue weighted by molar-refractivity contribution is 7.89. The molecule has 2 aromatic carbocycles. The van der Waals surface area contributed by atoms with Crippen molar-refractivity contribution >= 4 is 32.7 Å². The molecule has 4 aromatic rings. The minimum Gasteiger partial charge on any atom is -0.352 e. The van der Waals surface area contributed by atoms with Crippen molar-refractivity contribution in [1.29, 1.82) is 0 Å². The van der Waals surface area contributed by atoms with Crippen LogP contribution in [0.1, 0.15) is 0 Å². The number of aromatic nitrogens is 5. The summed E-state index contributed by atoms with van der Waals surface area (Å²) in [6.45, 7) is 1.27. The van der Waals surface area contributed by atoms with Crippen molar-refractivity contribution in [3.63, 3.8) is 0 Å². The Kier molecular flexibility index (Phi) is 5.18. The van der Waals surface area contributed by atoms with Crippen molar-refractivity contribution in [3.8, 4) is 5.69 Å². The Morgan fingerprint density at radius 1 is 0.909 bits per heavy atom. The maximum atomic E-state index is 13.0. The van der Waals surface area contributed by atoms with E-state index < -0.39 is 14.9 Å². The van der Waals surface area contributed by atoms with Gasteiger partial charge in [-0.2, -0.15) is 8.99 Å². The van der Waals surface area contributed by atoms with E-state index in [1.807, 2.05) is 35.2 Å². The van der Waals surface area contributed by atoms with E-state index in [-0.39, 0.29) is 23.7 Å². The SMILES string of the molecule is O=[N+]([O-])c1ccc(S(=O)(=O)N2CCN(c3ncnc4c3nnn4-c3ccccc3)CC2)cc1. The molecule has 168 valence electrons. The maximum absolute atomic E-state index is 13.0. The monoisotopic (exact) mass is 466 g/mol. The van der Waals surface area contributed by atoms with Gasteiger partial charge < -0.3 is 4.90 Å². The topological polar surface area (TPSA) is 140 Å². The van der Waals surface area contributed by atoms with Gasteiger partial charge in [-0.25, -0.2) is 18.4 Å². The summed E-state index contributed by atoms with van der Waals surface area (Å²) in [5.41, 5.74) is 1.76. The Balaban J connectivity index is 1.36. The smallest absolute Gasteiger partial charge is 0.269 e. The first-order valence-corrected chi connectivity index (χ1v) is 11.5. The van der Waals surface area contributed by atoms with Gasteiger partial charge in [-0.05, 0) is 24.3 Å². The highest BCUT2D eigenvalue weighted by atomic mass is 32.2. The molecule has 33 heavy (non-hydrogen) atoms. The quantitative estimate of drug-likeness (QED) is 0.317. The Hall–Kier alpha value is -3.97. The van der Waals surface area contributed by atoms with Gasteiger partial charge in [0.05, 0.1) is 15.5 Å². The molecule has 0 radical (unpaired) electrons. The summed E-state index contributed by atoms with van der Waals surface area (Å²) in [6, 6.07) is 14.4. The van der Waals surface area contributed by atoms with Gasteiger partial charge in [-0.3, -0.25) is 10.1 Å². The van der Waals surface area contributed by atoms with Crippen molar-refractivity contribution in [2.45, 2.75) is 4.90 Å². The number of hydrogen-bond acceptors (Lipinski definition) is 9. The predicted molar refractivity (Wildman–Crippen MR) is 119 cm³/mol. The first kappa shape index (κ1) is 20.9. The largest absolute Gasteiger partial charge is 0.352 e. The number of fused-ring (bicyclic) bond motifs is 1. The van der Waals surface area contributed by atoms with E-state index in [9.17, 15) is 18.5 Å². The highest BCUT2D eigenvalue weighted by Gasteiger charge is 2.30. The average Bonchev–Trinajstić information content (AvgIpc) is 3.29. The third-order valence-corrected chi connectivity index (χ3v) is 7.36. The van der Waals surface area contributed by atoms with E-state index in [2.05, 4.69) is 20.3 Å². The molecule has 1 fully saturated rings. The van der Waals surface area contributed by atoms with Crippen LogP contribution >= 0.6 is 0 Å². The van der Waals surface area contributed by atoms with Crippen molar-refractivity contribution < 1.29 is 13.3 Å². The molecule has 0 aliphatic carbocycles. The number of nitro groups is 1. The lowest BCUT2D eigenvalue weighted by molar-refractivity contribution is -0.384. The molecular weight excluding hydrogens is 448 g/mol. The summed E-state index contributed by atoms with van der Waals surface area (Å²) in [5.74, 6) is 0.592. The van der Waals surface area contributed by atoms with Crippen LogP contribution in [0.25, 0.3) is 16.9 Å². The van der Waals surface area contributed by atoms with E-state index in [0.717, 1.165) is 5.69 Å². The fourth-order valence-corrected chi connectivity index (χ4v) is 5.16. The van der Waals surface area contributed by atoms with Gasteiger partial charge in [-0.1, -0.05) is 23.4 Å². The van der Waals surface area contributed by atoms with E-state index in [0.29, 0.717) is 30.1 Å². The summed E-state index contributed by atoms with van der Waals surface area (Å²) in [6.07, 6.45) is 1.44. The van der Waals surface area contributed by atoms with Gasteiger partial charge in [0, 0.05) is 38.3 Å². The molecule has 0 atom stereocenters. The minimum atomic E-state index is -3.77. The van der Waals surface area contributed by atoms with Gasteiger partial charge in [0.1, 0.15) is 6.33 Å². The van der Waals surface area contributed by atoms with E-state index >= 15 is 0 Å². The number of nitro benzene ring substituents is 1. The third-order valence-electron chi connectivity index (χ3n) is 5.44. The molecule has 12 nitrogen and oxygen atoms in total. The molecule has 1 aliphatic rings. The van der Waals surface area contributed by atoms with Crippen LogP contribution in [0.4, 0.5) is 11.5 Å². The Morgan fingerprint density at radius 2 is 1.61 bits per heavy atom. The number of rotatable bonds is 5. The lowest BCUT2D eigenvalue weighted by Crippen LogP contribution is -2.49. The van der Waals surface area contributed by atoms with Crippen LogP contribution in [0.15, 0.2) is 65.8 Å². The number of sulfonamides is 1. The van der Waals surface area contributed by atoms with Crippen LogP contribution in [0.5, 0.6) is 0 Å². The van der Waals surface area contributed by atoms with Crippen LogP contribution < -0.4 is 4.90 Å². The number of non-ortho nitro benzene ring substituents is 1. The molecule has 0 amide bonds. The molecule has 2 aromatic heterocycles. The zero-order valence-electron chi connectivity index (χ0n) is 17.2. The highest BCUT2D eigenvalue weighted by Crippen LogP contribution is 2.26. The van der Waals surface area contributed by atoms with Gasteiger partial charge in [0.15, 0.2) is 17.0 Å². The number of nitrogens with zero attached hydrogens (tertiary/aromatic N) is 8. The van der Waals surface area contributed by atoms with Crippen LogP contribution in [-0.4, -0.2) is 68.8 Å². The predicted octanol–water partition coefficient (Wildman–Crippen LogP) is 1.63. The van der Waals surface area contributed by atoms with Crippen LogP contribution in [-0.2, 0) is 10.0 Å². The molecule has 5 rings (SSSR count). The second kappa shape index (κ2) is 8.18. The van der Waals surface area contributed by atoms with E-state index in [1.165, 1.54) is 34.9 Å². The fourth-order valence-electron chi connectivity index (χ4n) is 3.74. The van der Waals surface area contributed by atoms with Gasteiger partial charge in [-0.15, -0.1) is 5.10 Å². The van der Waals surface area contributed by atoms with Crippen LogP contribution in [0.3, 0.4) is 0 Å². The molecule has 0 N–H and O–H groups in total. The van der Waals surface area contributed by atoms with Crippen LogP contribution in [0.2, 0.25) is 0 Å². The standard InChI is InChI=1S/C20H18N8O4S/c29-28(30)16-6-8-17(9-7-16)33(31,32)26-12-10-25(11-13-26)19-18-20(22-14-21-19)27(24-23-18)15-4-2-1-3-5-15/h1-9,14H,10-13H2. The number of hydrogen-bond donors (Lipinski definition) is 0. The summed E-state index contributed by atoms with van der Waals surface area (Å²) in [7, 11) is -3.77. The molecule has 0 saturated carbocycles. The lowest BCUT2D eigenvalue weighted by atomic mass is 10.3. The normalized spacial score (nSPS) is 15.1. The maximum Gasteiger partial charge on any atom is 0.269 e. The fraction of sp³-hybridized carbons (Fsp3) is 0.200. The Labute approximate surface area is 188 Å². The van der Waals surface area contributed by atoms with Crippen molar-refractivity contribution in [3.05, 3.63) is 71.0 Å². The average molecular weight is 466 g/mol. The Bertz CT molecular complexity index is 1420. The minimum absolute atomic E-state index is 0.0248. The number of para-hydroxylation sites is 1. The molecule has 0 unspecified atom stereocenters. The number of benzene rings is 2. The zero-order chi connectivity index (χ0) is 23.0. The Morgan fingerprint density at radius 3 is 2.27 bits per heavy atom. The first-order chi connectivity index (χ1) is 15.9. The van der Waals surface area contributed by atoms with Crippen molar-refractivity contribution in [2.75, 3.05) is 31.1 Å². The number of piperazine rings is 1. The molecule has 0 bridgehead atoms. The summed E-state index contributed by atoms with van der Waals surface area (Å²) < 4.78 is 28.9. The second-order valence-corrected chi connectivity index (χ2v) is 9.29. The third kappa shape index (κ3) is 3.76. The molecule has 1 aliphatic heterocycles. The van der Waals surface area contributed by atoms with Crippen molar-refractivity contribution in [1.82, 2.24) is 29.3 Å². The lowest BCUT2D eigenvalue weighted by Gasteiger charge is -2.34. The van der Waals surface area contributed by atoms with Crippen LogP contribution in [0, 0.1) is 10.1 Å². The van der Waals surface area contributed by atoms with Crippen molar-refractivity contribution in [2.24, 2.45) is 0 Å². The van der Waals surface area contributed by atoms with E-state index in [4.69, 9.17) is 0 Å². The van der Waals surface area contributed by atoms with Gasteiger partial charge >= 0.3 is 0 Å². The van der Waals surface area contributed by atoms with Gasteiger partial charge in [0.2, 0.25) is 10.0 Å².